The summed E-state index contributed by atoms with van der Waals surface area (Å²) in [7, 11) is 0. The van der Waals surface area contributed by atoms with Gasteiger partial charge in [0.25, 0.3) is 0 Å². The zero-order valence-electron chi connectivity index (χ0n) is 10.9. The van der Waals surface area contributed by atoms with Crippen molar-refractivity contribution in [3.8, 4) is 0 Å². The van der Waals surface area contributed by atoms with Gasteiger partial charge in [0.15, 0.2) is 0 Å². The molecular formula is C14H18FNO3. The van der Waals surface area contributed by atoms with E-state index in [1.165, 1.54) is 12.1 Å². The minimum Gasteiger partial charge on any atom is -0.478 e. The van der Waals surface area contributed by atoms with E-state index < -0.39 is 11.8 Å². The topological polar surface area (TPSA) is 49.8 Å². The molecule has 1 aromatic carbocycles. The molecule has 19 heavy (non-hydrogen) atoms. The number of nitrogens with zero attached hydrogens (tertiary/aromatic N) is 1. The Labute approximate surface area is 111 Å². The zero-order chi connectivity index (χ0) is 13.8. The normalized spacial score (nSPS) is 20.4. The lowest BCUT2D eigenvalue weighted by atomic mass is 10.1. The zero-order valence-corrected chi connectivity index (χ0v) is 10.9. The van der Waals surface area contributed by atoms with Gasteiger partial charge in [-0.3, -0.25) is 4.90 Å². The van der Waals surface area contributed by atoms with Crippen molar-refractivity contribution in [3.63, 3.8) is 0 Å². The molecule has 0 aliphatic carbocycles. The maximum Gasteiger partial charge on any atom is 0.338 e. The van der Waals surface area contributed by atoms with Gasteiger partial charge in [-0.05, 0) is 24.1 Å². The molecule has 0 amide bonds. The lowest BCUT2D eigenvalue weighted by Gasteiger charge is -2.35. The monoisotopic (exact) mass is 267 g/mol. The highest BCUT2D eigenvalue weighted by molar-refractivity contribution is 5.87. The number of benzene rings is 1. The molecule has 4 nitrogen and oxygen atoms in total. The van der Waals surface area contributed by atoms with Crippen LogP contribution >= 0.6 is 0 Å². The number of ether oxygens (including phenoxy) is 1. The number of carboxylic acid groups (broad SMARTS) is 1. The average molecular weight is 267 g/mol. The fraction of sp³-hybridized carbons (Fsp3) is 0.500. The molecule has 5 heteroatoms. The molecule has 1 heterocycles. The van der Waals surface area contributed by atoms with E-state index in [0.717, 1.165) is 18.5 Å². The summed E-state index contributed by atoms with van der Waals surface area (Å²) in [6.45, 7) is 4.93. The summed E-state index contributed by atoms with van der Waals surface area (Å²) in [4.78, 5) is 13.0. The predicted octanol–water partition coefficient (Wildman–Crippen LogP) is 2.13. The lowest BCUT2D eigenvalue weighted by molar-refractivity contribution is -0.0127. The van der Waals surface area contributed by atoms with Crippen LogP contribution in [0.15, 0.2) is 18.2 Å². The molecule has 1 unspecified atom stereocenters. The highest BCUT2D eigenvalue weighted by Gasteiger charge is 2.21. The molecule has 1 N–H and O–H groups in total. The summed E-state index contributed by atoms with van der Waals surface area (Å²) in [5.74, 6) is -1.91. The molecule has 0 spiro atoms. The van der Waals surface area contributed by atoms with Crippen molar-refractivity contribution in [3.05, 3.63) is 35.1 Å². The molecule has 1 atom stereocenters. The summed E-state index contributed by atoms with van der Waals surface area (Å²) in [6.07, 6.45) is 0.982. The van der Waals surface area contributed by atoms with E-state index in [1.807, 2.05) is 0 Å². The number of aromatic carboxylic acids is 1. The van der Waals surface area contributed by atoms with Crippen LogP contribution in [0.2, 0.25) is 0 Å². The minimum atomic E-state index is -1.23. The van der Waals surface area contributed by atoms with Crippen LogP contribution < -0.4 is 0 Å². The Morgan fingerprint density at radius 3 is 3.00 bits per heavy atom. The van der Waals surface area contributed by atoms with Crippen LogP contribution in [0.1, 0.15) is 29.3 Å². The van der Waals surface area contributed by atoms with Crippen LogP contribution in [0.4, 0.5) is 4.39 Å². The summed E-state index contributed by atoms with van der Waals surface area (Å²) in [5, 5.41) is 8.79. The number of rotatable bonds is 4. The highest BCUT2D eigenvalue weighted by Crippen LogP contribution is 2.17. The van der Waals surface area contributed by atoms with Gasteiger partial charge in [-0.15, -0.1) is 0 Å². The molecule has 1 saturated heterocycles. The third-order valence-corrected chi connectivity index (χ3v) is 3.47. The van der Waals surface area contributed by atoms with Gasteiger partial charge in [-0.1, -0.05) is 13.0 Å². The van der Waals surface area contributed by atoms with Crippen LogP contribution in [-0.4, -0.2) is 41.8 Å². The quantitative estimate of drug-likeness (QED) is 0.908. The number of hydrogen-bond acceptors (Lipinski definition) is 3. The number of carbonyl (C=O) groups is 1. The first kappa shape index (κ1) is 14.0. The Hall–Kier alpha value is -1.46. The molecule has 0 saturated carbocycles. The van der Waals surface area contributed by atoms with Crippen molar-refractivity contribution in [2.24, 2.45) is 0 Å². The fourth-order valence-electron chi connectivity index (χ4n) is 2.34. The van der Waals surface area contributed by atoms with Crippen LogP contribution in [0, 0.1) is 5.82 Å². The Bertz CT molecular complexity index is 464. The lowest BCUT2D eigenvalue weighted by Crippen LogP contribution is -2.44. The smallest absolute Gasteiger partial charge is 0.338 e. The molecule has 0 aromatic heterocycles. The second-order valence-electron chi connectivity index (χ2n) is 4.73. The summed E-state index contributed by atoms with van der Waals surface area (Å²) in [6, 6.07) is 4.66. The third kappa shape index (κ3) is 3.30. The molecule has 104 valence electrons. The Morgan fingerprint density at radius 2 is 2.37 bits per heavy atom. The summed E-state index contributed by atoms with van der Waals surface area (Å²) >= 11 is 0. The van der Waals surface area contributed by atoms with Gasteiger partial charge in [-0.25, -0.2) is 9.18 Å². The van der Waals surface area contributed by atoms with Crippen LogP contribution in [0.25, 0.3) is 0 Å². The second kappa shape index (κ2) is 6.12. The average Bonchev–Trinajstić information content (AvgIpc) is 2.39. The van der Waals surface area contributed by atoms with Gasteiger partial charge >= 0.3 is 5.97 Å². The van der Waals surface area contributed by atoms with Crippen LogP contribution in [-0.2, 0) is 11.3 Å². The molecule has 1 aliphatic rings. The first-order valence-electron chi connectivity index (χ1n) is 6.45. The maximum atomic E-state index is 13.6. The van der Waals surface area contributed by atoms with Gasteiger partial charge in [0, 0.05) is 19.1 Å². The first-order chi connectivity index (χ1) is 9.11. The Morgan fingerprint density at radius 1 is 1.58 bits per heavy atom. The molecule has 1 fully saturated rings. The predicted molar refractivity (Wildman–Crippen MR) is 68.7 cm³/mol. The Kier molecular flexibility index (Phi) is 4.50. The molecule has 2 rings (SSSR count). The minimum absolute atomic E-state index is 0.280. The van der Waals surface area contributed by atoms with Crippen molar-refractivity contribution < 1.29 is 19.0 Å². The largest absolute Gasteiger partial charge is 0.478 e. The van der Waals surface area contributed by atoms with Crippen LogP contribution in [0.3, 0.4) is 0 Å². The summed E-state index contributed by atoms with van der Waals surface area (Å²) in [5.41, 5.74) is 0.514. The van der Waals surface area contributed by atoms with Gasteiger partial charge in [0.05, 0.1) is 18.8 Å². The molecular weight excluding hydrogens is 249 g/mol. The van der Waals surface area contributed by atoms with Gasteiger partial charge < -0.3 is 9.84 Å². The first-order valence-corrected chi connectivity index (χ1v) is 6.45. The van der Waals surface area contributed by atoms with E-state index in [9.17, 15) is 9.18 Å². The molecule has 1 aliphatic heterocycles. The standard InChI is InChI=1S/C14H18FNO3/c1-2-11-9-19-6-5-16(11)8-10-3-4-12(14(17)18)13(15)7-10/h3-4,7,11H,2,5-6,8-9H2,1H3,(H,17,18). The SMILES string of the molecule is CCC1COCCN1Cc1ccc(C(=O)O)c(F)c1. The van der Waals surface area contributed by atoms with Crippen molar-refractivity contribution in [2.45, 2.75) is 25.9 Å². The van der Waals surface area contributed by atoms with E-state index in [0.29, 0.717) is 25.8 Å². The van der Waals surface area contributed by atoms with Crippen molar-refractivity contribution in [2.75, 3.05) is 19.8 Å². The van der Waals surface area contributed by atoms with Gasteiger partial charge in [0.1, 0.15) is 5.82 Å². The number of hydrogen-bond donors (Lipinski definition) is 1. The number of carboxylic acids is 1. The second-order valence-corrected chi connectivity index (χ2v) is 4.73. The maximum absolute atomic E-state index is 13.6. The van der Waals surface area contributed by atoms with Gasteiger partial charge in [-0.2, -0.15) is 0 Å². The van der Waals surface area contributed by atoms with Gasteiger partial charge in [0.2, 0.25) is 0 Å². The Balaban J connectivity index is 2.10. The van der Waals surface area contributed by atoms with Crippen molar-refractivity contribution in [1.82, 2.24) is 4.90 Å². The van der Waals surface area contributed by atoms with E-state index in [2.05, 4.69) is 11.8 Å². The van der Waals surface area contributed by atoms with E-state index >= 15 is 0 Å². The summed E-state index contributed by atoms with van der Waals surface area (Å²) < 4.78 is 19.0. The van der Waals surface area contributed by atoms with Crippen LogP contribution in [0.5, 0.6) is 0 Å². The highest BCUT2D eigenvalue weighted by atomic mass is 19.1. The number of morpholine rings is 1. The van der Waals surface area contributed by atoms with E-state index in [4.69, 9.17) is 9.84 Å². The van der Waals surface area contributed by atoms with E-state index in [-0.39, 0.29) is 5.56 Å². The third-order valence-electron chi connectivity index (χ3n) is 3.47. The molecule has 1 aromatic rings. The molecule has 0 radical (unpaired) electrons. The van der Waals surface area contributed by atoms with Crippen molar-refractivity contribution in [1.29, 1.82) is 0 Å². The number of halogens is 1. The van der Waals surface area contributed by atoms with E-state index in [1.54, 1.807) is 6.07 Å². The fourth-order valence-corrected chi connectivity index (χ4v) is 2.34. The van der Waals surface area contributed by atoms with Crippen molar-refractivity contribution >= 4 is 5.97 Å². The molecule has 0 bridgehead atoms.